The lowest BCUT2D eigenvalue weighted by Gasteiger charge is -2.16. The van der Waals surface area contributed by atoms with Crippen LogP contribution < -0.4 is 14.9 Å². The van der Waals surface area contributed by atoms with E-state index >= 15 is 0 Å². The number of hydrogen-bond acceptors (Lipinski definition) is 4. The number of halogens is 2. The first-order valence-corrected chi connectivity index (χ1v) is 5.24. The second kappa shape index (κ2) is 4.41. The van der Waals surface area contributed by atoms with Gasteiger partial charge in [0.1, 0.15) is 0 Å². The van der Waals surface area contributed by atoms with Gasteiger partial charge in [0.15, 0.2) is 11.5 Å². The molecular formula is C11H12F2N2O3. The Bertz CT molecular complexity index is 479. The van der Waals surface area contributed by atoms with Crippen molar-refractivity contribution in [2.45, 2.75) is 19.8 Å². The first kappa shape index (κ1) is 12.6. The van der Waals surface area contributed by atoms with Gasteiger partial charge in [-0.2, -0.15) is 0 Å². The van der Waals surface area contributed by atoms with Crippen molar-refractivity contribution in [2.24, 2.45) is 0 Å². The number of alkyl halides is 2. The van der Waals surface area contributed by atoms with E-state index in [0.717, 1.165) is 0 Å². The third kappa shape index (κ3) is 2.67. The largest absolute Gasteiger partial charge is 0.586 e. The van der Waals surface area contributed by atoms with E-state index in [1.54, 1.807) is 13.1 Å². The molecule has 18 heavy (non-hydrogen) atoms. The number of rotatable bonds is 3. The quantitative estimate of drug-likeness (QED) is 0.834. The van der Waals surface area contributed by atoms with E-state index in [1.165, 1.54) is 24.1 Å². The van der Waals surface area contributed by atoms with Crippen LogP contribution in [0.1, 0.15) is 12.5 Å². The number of ether oxygens (including phenoxy) is 2. The van der Waals surface area contributed by atoms with Gasteiger partial charge in [-0.3, -0.25) is 9.80 Å². The number of benzene rings is 1. The number of fused-ring (bicyclic) bond motifs is 1. The summed E-state index contributed by atoms with van der Waals surface area (Å²) in [6.45, 7) is 1.73. The Kier molecular flexibility index (Phi) is 3.08. The normalized spacial score (nSPS) is 15.6. The Morgan fingerprint density at radius 3 is 2.72 bits per heavy atom. The van der Waals surface area contributed by atoms with E-state index in [4.69, 9.17) is 0 Å². The molecule has 0 bridgehead atoms. The highest BCUT2D eigenvalue weighted by molar-refractivity contribution is 5.72. The van der Waals surface area contributed by atoms with Gasteiger partial charge in [0, 0.05) is 20.5 Å². The highest BCUT2D eigenvalue weighted by atomic mass is 19.3. The standard InChI is InChI=1S/C11H12F2N2O3/c1-7(16)15(2)14-6-8-3-4-9-10(5-8)18-11(12,13)17-9/h3-5,14H,6H2,1-2H3. The van der Waals surface area contributed by atoms with E-state index in [2.05, 4.69) is 14.9 Å². The Labute approximate surface area is 102 Å². The van der Waals surface area contributed by atoms with Crippen LogP contribution in [0.5, 0.6) is 11.5 Å². The Hall–Kier alpha value is -1.89. The first-order valence-electron chi connectivity index (χ1n) is 5.24. The predicted molar refractivity (Wildman–Crippen MR) is 57.9 cm³/mol. The maximum Gasteiger partial charge on any atom is 0.586 e. The van der Waals surface area contributed by atoms with Crippen LogP contribution in [0.15, 0.2) is 18.2 Å². The van der Waals surface area contributed by atoms with Crippen LogP contribution >= 0.6 is 0 Å². The average Bonchev–Trinajstić information content (AvgIpc) is 2.58. The molecule has 0 atom stereocenters. The minimum atomic E-state index is -3.61. The number of hydrazine groups is 1. The van der Waals surface area contributed by atoms with Crippen LogP contribution in [-0.2, 0) is 11.3 Å². The summed E-state index contributed by atoms with van der Waals surface area (Å²) in [7, 11) is 1.57. The fourth-order valence-electron chi connectivity index (χ4n) is 1.42. The second-order valence-electron chi connectivity index (χ2n) is 3.86. The van der Waals surface area contributed by atoms with Gasteiger partial charge in [-0.1, -0.05) is 6.07 Å². The Morgan fingerprint density at radius 1 is 1.39 bits per heavy atom. The minimum absolute atomic E-state index is 0.00340. The van der Waals surface area contributed by atoms with Crippen molar-refractivity contribution < 1.29 is 23.0 Å². The van der Waals surface area contributed by atoms with Crippen molar-refractivity contribution in [3.63, 3.8) is 0 Å². The fraction of sp³-hybridized carbons (Fsp3) is 0.364. The molecule has 1 aromatic rings. The van der Waals surface area contributed by atoms with Gasteiger partial charge in [-0.25, -0.2) is 5.43 Å². The molecule has 0 saturated carbocycles. The van der Waals surface area contributed by atoms with Gasteiger partial charge < -0.3 is 9.47 Å². The predicted octanol–water partition coefficient (Wildman–Crippen LogP) is 1.49. The van der Waals surface area contributed by atoms with Crippen molar-refractivity contribution in [1.29, 1.82) is 0 Å². The molecule has 0 aliphatic carbocycles. The summed E-state index contributed by atoms with van der Waals surface area (Å²) in [6.07, 6.45) is -3.61. The second-order valence-corrected chi connectivity index (χ2v) is 3.86. The third-order valence-corrected chi connectivity index (χ3v) is 2.46. The van der Waals surface area contributed by atoms with E-state index < -0.39 is 6.29 Å². The summed E-state index contributed by atoms with van der Waals surface area (Å²) in [5, 5.41) is 1.30. The highest BCUT2D eigenvalue weighted by Gasteiger charge is 2.43. The number of nitrogens with zero attached hydrogens (tertiary/aromatic N) is 1. The smallest absolute Gasteiger partial charge is 0.395 e. The van der Waals surface area contributed by atoms with Crippen LogP contribution in [0.25, 0.3) is 0 Å². The number of amides is 1. The van der Waals surface area contributed by atoms with E-state index in [-0.39, 0.29) is 17.4 Å². The molecule has 2 rings (SSSR count). The zero-order valence-corrected chi connectivity index (χ0v) is 9.87. The fourth-order valence-corrected chi connectivity index (χ4v) is 1.42. The molecule has 0 saturated heterocycles. The SMILES string of the molecule is CC(=O)N(C)NCc1ccc2c(c1)OC(F)(F)O2. The van der Waals surface area contributed by atoms with E-state index in [0.29, 0.717) is 12.1 Å². The number of hydrogen-bond donors (Lipinski definition) is 1. The lowest BCUT2D eigenvalue weighted by molar-refractivity contribution is -0.286. The van der Waals surface area contributed by atoms with Gasteiger partial charge in [0.25, 0.3) is 0 Å². The highest BCUT2D eigenvalue weighted by Crippen LogP contribution is 2.41. The van der Waals surface area contributed by atoms with Gasteiger partial charge >= 0.3 is 6.29 Å². The minimum Gasteiger partial charge on any atom is -0.395 e. The Morgan fingerprint density at radius 2 is 2.06 bits per heavy atom. The average molecular weight is 258 g/mol. The number of carbonyl (C=O) groups is 1. The summed E-state index contributed by atoms with van der Waals surface area (Å²) in [5.41, 5.74) is 3.51. The molecule has 1 aliphatic rings. The lowest BCUT2D eigenvalue weighted by Crippen LogP contribution is -2.37. The number of nitrogens with one attached hydrogen (secondary N) is 1. The summed E-state index contributed by atoms with van der Waals surface area (Å²) in [6, 6.07) is 4.46. The van der Waals surface area contributed by atoms with Gasteiger partial charge in [-0.15, -0.1) is 8.78 Å². The van der Waals surface area contributed by atoms with Crippen molar-refractivity contribution >= 4 is 5.91 Å². The Balaban J connectivity index is 2.03. The van der Waals surface area contributed by atoms with Crippen molar-refractivity contribution in [3.05, 3.63) is 23.8 Å². The van der Waals surface area contributed by atoms with Crippen molar-refractivity contribution in [3.8, 4) is 11.5 Å². The lowest BCUT2D eigenvalue weighted by atomic mass is 10.2. The monoisotopic (exact) mass is 258 g/mol. The number of carbonyl (C=O) groups excluding carboxylic acids is 1. The zero-order chi connectivity index (χ0) is 13.3. The summed E-state index contributed by atoms with van der Waals surface area (Å²) >= 11 is 0. The molecule has 1 heterocycles. The molecule has 0 unspecified atom stereocenters. The maximum absolute atomic E-state index is 12.8. The van der Waals surface area contributed by atoms with Gasteiger partial charge in [0.05, 0.1) is 0 Å². The molecular weight excluding hydrogens is 246 g/mol. The molecule has 1 amide bonds. The summed E-state index contributed by atoms with van der Waals surface area (Å²) < 4.78 is 34.1. The molecule has 7 heteroatoms. The molecule has 0 radical (unpaired) electrons. The third-order valence-electron chi connectivity index (χ3n) is 2.46. The van der Waals surface area contributed by atoms with Crippen LogP contribution in [0.4, 0.5) is 8.78 Å². The van der Waals surface area contributed by atoms with E-state index in [1.807, 2.05) is 0 Å². The first-order chi connectivity index (χ1) is 8.37. The maximum atomic E-state index is 12.8. The molecule has 0 fully saturated rings. The molecule has 1 N–H and O–H groups in total. The van der Waals surface area contributed by atoms with Crippen molar-refractivity contribution in [1.82, 2.24) is 10.4 Å². The molecule has 1 aromatic carbocycles. The molecule has 0 spiro atoms. The van der Waals surface area contributed by atoms with Gasteiger partial charge in [-0.05, 0) is 17.7 Å². The van der Waals surface area contributed by atoms with E-state index in [9.17, 15) is 13.6 Å². The van der Waals surface area contributed by atoms with Crippen molar-refractivity contribution in [2.75, 3.05) is 7.05 Å². The summed E-state index contributed by atoms with van der Waals surface area (Å²) in [5.74, 6) is -0.157. The van der Waals surface area contributed by atoms with Crippen LogP contribution in [0.2, 0.25) is 0 Å². The zero-order valence-electron chi connectivity index (χ0n) is 9.87. The molecule has 5 nitrogen and oxygen atoms in total. The molecule has 0 aromatic heterocycles. The van der Waals surface area contributed by atoms with Crippen LogP contribution in [0, 0.1) is 0 Å². The van der Waals surface area contributed by atoms with Crippen LogP contribution in [0.3, 0.4) is 0 Å². The molecule has 1 aliphatic heterocycles. The van der Waals surface area contributed by atoms with Gasteiger partial charge in [0.2, 0.25) is 5.91 Å². The molecule has 98 valence electrons. The topological polar surface area (TPSA) is 50.8 Å². The summed E-state index contributed by atoms with van der Waals surface area (Å²) in [4.78, 5) is 11.0. The van der Waals surface area contributed by atoms with Crippen LogP contribution in [-0.4, -0.2) is 24.3 Å².